The summed E-state index contributed by atoms with van der Waals surface area (Å²) in [5.74, 6) is 0.109. The Hall–Kier alpha value is -2.53. The zero-order valence-corrected chi connectivity index (χ0v) is 14.1. The highest BCUT2D eigenvalue weighted by Gasteiger charge is 2.19. The van der Waals surface area contributed by atoms with Gasteiger partial charge in [-0.2, -0.15) is 0 Å². The number of anilines is 1. The molecule has 0 saturated heterocycles. The van der Waals surface area contributed by atoms with Gasteiger partial charge in [-0.1, -0.05) is 43.0 Å². The molecule has 2 N–H and O–H groups in total. The summed E-state index contributed by atoms with van der Waals surface area (Å²) < 4.78 is 0. The number of phenolic OH excluding ortho intramolecular Hbond substituents is 1. The maximum atomic E-state index is 12.5. The third-order valence-corrected chi connectivity index (χ3v) is 4.93. The van der Waals surface area contributed by atoms with Gasteiger partial charge in [0.25, 0.3) is 0 Å². The Morgan fingerprint density at radius 2 is 1.88 bits per heavy atom. The average molecular weight is 338 g/mol. The third kappa shape index (κ3) is 3.86. The monoisotopic (exact) mass is 338 g/mol. The SMILES string of the molecule is CCC(Sc1ccc2ccccc2n1)C(=O)Nc1ccc(O)cc1. The molecule has 3 rings (SSSR count). The van der Waals surface area contributed by atoms with Crippen molar-refractivity contribution < 1.29 is 9.90 Å². The van der Waals surface area contributed by atoms with Crippen LogP contribution in [0.3, 0.4) is 0 Å². The number of carbonyl (C=O) groups is 1. The number of nitrogens with zero attached hydrogens (tertiary/aromatic N) is 1. The Labute approximate surface area is 144 Å². The van der Waals surface area contributed by atoms with E-state index < -0.39 is 0 Å². The van der Waals surface area contributed by atoms with Gasteiger partial charge in [0.2, 0.25) is 5.91 Å². The molecule has 2 aromatic carbocycles. The van der Waals surface area contributed by atoms with Crippen molar-refractivity contribution in [2.75, 3.05) is 5.32 Å². The van der Waals surface area contributed by atoms with Gasteiger partial charge in [-0.25, -0.2) is 4.98 Å². The summed E-state index contributed by atoms with van der Waals surface area (Å²) in [6, 6.07) is 18.4. The van der Waals surface area contributed by atoms with Crippen molar-refractivity contribution in [2.45, 2.75) is 23.6 Å². The van der Waals surface area contributed by atoms with Gasteiger partial charge in [-0.15, -0.1) is 0 Å². The first-order valence-electron chi connectivity index (χ1n) is 7.78. The lowest BCUT2D eigenvalue weighted by molar-refractivity contribution is -0.115. The average Bonchev–Trinajstić information content (AvgIpc) is 2.61. The van der Waals surface area contributed by atoms with Crippen LogP contribution < -0.4 is 5.32 Å². The number of rotatable bonds is 5. The van der Waals surface area contributed by atoms with Crippen LogP contribution in [0.2, 0.25) is 0 Å². The molecule has 0 aliphatic carbocycles. The minimum atomic E-state index is -0.229. The van der Waals surface area contributed by atoms with Gasteiger partial charge in [0.05, 0.1) is 15.8 Å². The number of pyridine rings is 1. The van der Waals surface area contributed by atoms with Crippen molar-refractivity contribution in [2.24, 2.45) is 0 Å². The fourth-order valence-electron chi connectivity index (χ4n) is 2.35. The van der Waals surface area contributed by atoms with Crippen molar-refractivity contribution in [3.8, 4) is 5.75 Å². The minimum Gasteiger partial charge on any atom is -0.508 e. The molecule has 4 nitrogen and oxygen atoms in total. The summed E-state index contributed by atoms with van der Waals surface area (Å²) in [7, 11) is 0. The first kappa shape index (κ1) is 16.3. The van der Waals surface area contributed by atoms with E-state index in [4.69, 9.17) is 0 Å². The maximum Gasteiger partial charge on any atom is 0.237 e. The summed E-state index contributed by atoms with van der Waals surface area (Å²) >= 11 is 1.46. The topological polar surface area (TPSA) is 62.2 Å². The normalized spacial score (nSPS) is 12.0. The van der Waals surface area contributed by atoms with E-state index in [9.17, 15) is 9.90 Å². The van der Waals surface area contributed by atoms with Crippen LogP contribution in [0.15, 0.2) is 65.7 Å². The Kier molecular flexibility index (Phi) is 5.01. The van der Waals surface area contributed by atoms with Crippen molar-refractivity contribution in [3.05, 3.63) is 60.7 Å². The summed E-state index contributed by atoms with van der Waals surface area (Å²) in [6.07, 6.45) is 0.698. The molecule has 0 radical (unpaired) electrons. The molecular formula is C19H18N2O2S. The van der Waals surface area contributed by atoms with Gasteiger partial charge >= 0.3 is 0 Å². The number of fused-ring (bicyclic) bond motifs is 1. The number of hydrogen-bond acceptors (Lipinski definition) is 4. The number of aromatic nitrogens is 1. The molecule has 3 aromatic rings. The number of carbonyl (C=O) groups excluding carboxylic acids is 1. The van der Waals surface area contributed by atoms with Crippen LogP contribution in [0.5, 0.6) is 5.75 Å². The quantitative estimate of drug-likeness (QED) is 0.533. The van der Waals surface area contributed by atoms with E-state index in [0.29, 0.717) is 12.1 Å². The lowest BCUT2D eigenvalue weighted by Gasteiger charge is -2.14. The molecule has 0 spiro atoms. The highest BCUT2D eigenvalue weighted by atomic mass is 32.2. The Morgan fingerprint density at radius 3 is 2.62 bits per heavy atom. The Morgan fingerprint density at radius 1 is 1.12 bits per heavy atom. The molecule has 1 heterocycles. The first-order chi connectivity index (χ1) is 11.7. The molecule has 122 valence electrons. The molecule has 0 bridgehead atoms. The Balaban J connectivity index is 1.72. The molecule has 1 atom stereocenters. The molecule has 0 fully saturated rings. The van der Waals surface area contributed by atoms with Crippen LogP contribution >= 0.6 is 11.8 Å². The van der Waals surface area contributed by atoms with E-state index >= 15 is 0 Å². The largest absolute Gasteiger partial charge is 0.508 e. The molecule has 0 aliphatic heterocycles. The van der Waals surface area contributed by atoms with E-state index in [2.05, 4.69) is 10.3 Å². The van der Waals surface area contributed by atoms with Crippen LogP contribution in [0.4, 0.5) is 5.69 Å². The number of aromatic hydroxyl groups is 1. The van der Waals surface area contributed by atoms with E-state index in [1.54, 1.807) is 24.3 Å². The lowest BCUT2D eigenvalue weighted by Crippen LogP contribution is -2.24. The zero-order chi connectivity index (χ0) is 16.9. The predicted octanol–water partition coefficient (Wildman–Crippen LogP) is 4.45. The molecule has 0 aliphatic rings. The summed E-state index contributed by atoms with van der Waals surface area (Å²) in [6.45, 7) is 1.98. The molecule has 24 heavy (non-hydrogen) atoms. The van der Waals surface area contributed by atoms with E-state index in [1.165, 1.54) is 11.8 Å². The van der Waals surface area contributed by atoms with Crippen molar-refractivity contribution >= 4 is 34.3 Å². The van der Waals surface area contributed by atoms with E-state index in [-0.39, 0.29) is 16.9 Å². The van der Waals surface area contributed by atoms with Crippen molar-refractivity contribution in [1.29, 1.82) is 0 Å². The van der Waals surface area contributed by atoms with Crippen LogP contribution in [0.25, 0.3) is 10.9 Å². The molecule has 0 saturated carbocycles. The highest BCUT2D eigenvalue weighted by Crippen LogP contribution is 2.27. The zero-order valence-electron chi connectivity index (χ0n) is 13.3. The number of amides is 1. The second-order valence-corrected chi connectivity index (χ2v) is 6.62. The number of nitrogens with one attached hydrogen (secondary N) is 1. The molecule has 1 aromatic heterocycles. The second kappa shape index (κ2) is 7.36. The number of thioether (sulfide) groups is 1. The van der Waals surface area contributed by atoms with Gasteiger partial charge in [0.15, 0.2) is 0 Å². The number of hydrogen-bond donors (Lipinski definition) is 2. The number of para-hydroxylation sites is 1. The van der Waals surface area contributed by atoms with Crippen LogP contribution in [-0.4, -0.2) is 21.2 Å². The lowest BCUT2D eigenvalue weighted by atomic mass is 10.2. The van der Waals surface area contributed by atoms with Gasteiger partial charge in [-0.3, -0.25) is 4.79 Å². The Bertz CT molecular complexity index is 849. The van der Waals surface area contributed by atoms with Crippen LogP contribution in [0, 0.1) is 0 Å². The third-order valence-electron chi connectivity index (χ3n) is 3.63. The standard InChI is InChI=1S/C19H18N2O2S/c1-2-17(19(23)20-14-8-10-15(22)11-9-14)24-18-12-7-13-5-3-4-6-16(13)21-18/h3-12,17,22H,2H2,1H3,(H,20,23). The maximum absolute atomic E-state index is 12.5. The summed E-state index contributed by atoms with van der Waals surface area (Å²) in [5.41, 5.74) is 1.60. The van der Waals surface area contributed by atoms with E-state index in [1.807, 2.05) is 43.3 Å². The molecule has 1 unspecified atom stereocenters. The molecule has 5 heteroatoms. The second-order valence-electron chi connectivity index (χ2n) is 5.39. The van der Waals surface area contributed by atoms with Crippen LogP contribution in [0.1, 0.15) is 13.3 Å². The number of benzene rings is 2. The van der Waals surface area contributed by atoms with E-state index in [0.717, 1.165) is 15.9 Å². The fraction of sp³-hybridized carbons (Fsp3) is 0.158. The summed E-state index contributed by atoms with van der Waals surface area (Å²) in [5, 5.41) is 13.9. The molecule has 1 amide bonds. The van der Waals surface area contributed by atoms with Crippen LogP contribution in [-0.2, 0) is 4.79 Å². The fourth-order valence-corrected chi connectivity index (χ4v) is 3.27. The minimum absolute atomic E-state index is 0.0665. The van der Waals surface area contributed by atoms with Crippen molar-refractivity contribution in [3.63, 3.8) is 0 Å². The van der Waals surface area contributed by atoms with Gasteiger partial charge in [0.1, 0.15) is 5.75 Å². The smallest absolute Gasteiger partial charge is 0.237 e. The summed E-state index contributed by atoms with van der Waals surface area (Å²) in [4.78, 5) is 17.1. The van der Waals surface area contributed by atoms with Crippen molar-refractivity contribution in [1.82, 2.24) is 4.98 Å². The molecular weight excluding hydrogens is 320 g/mol. The predicted molar refractivity (Wildman–Crippen MR) is 98.4 cm³/mol. The van der Waals surface area contributed by atoms with Gasteiger partial charge in [0, 0.05) is 11.1 Å². The van der Waals surface area contributed by atoms with Gasteiger partial charge in [-0.05, 0) is 42.8 Å². The van der Waals surface area contributed by atoms with Gasteiger partial charge < -0.3 is 10.4 Å². The number of phenols is 1. The first-order valence-corrected chi connectivity index (χ1v) is 8.66. The highest BCUT2D eigenvalue weighted by molar-refractivity contribution is 8.00.